The van der Waals surface area contributed by atoms with Gasteiger partial charge in [0.25, 0.3) is 0 Å². The predicted octanol–water partition coefficient (Wildman–Crippen LogP) is 2.40. The Morgan fingerprint density at radius 1 is 1.10 bits per heavy atom. The average molecular weight is 319 g/mol. The Labute approximate surface area is 125 Å². The van der Waals surface area contributed by atoms with E-state index in [-0.39, 0.29) is 13.2 Å². The normalized spacial score (nSPS) is 11.5. The van der Waals surface area contributed by atoms with Crippen LogP contribution in [0.3, 0.4) is 0 Å². The molecule has 0 spiro atoms. The van der Waals surface area contributed by atoms with Crippen molar-refractivity contribution in [2.75, 3.05) is 13.2 Å². The van der Waals surface area contributed by atoms with E-state index in [1.54, 1.807) is 13.8 Å². The lowest BCUT2D eigenvalue weighted by Crippen LogP contribution is -2.32. The van der Waals surface area contributed by atoms with Crippen molar-refractivity contribution < 1.29 is 23.2 Å². The Kier molecular flexibility index (Phi) is 9.78. The zero-order valence-electron chi connectivity index (χ0n) is 13.2. The largest absolute Gasteiger partial charge is 0.465 e. The van der Waals surface area contributed by atoms with Crippen LogP contribution < -0.4 is 0 Å². The van der Waals surface area contributed by atoms with Crippen molar-refractivity contribution in [2.45, 2.75) is 52.4 Å². The SMILES string of the molecule is CCOC(=O)C(CCC[Si](C)(C)O[Si]C)C(=O)OCC. The number of carbonyl (C=O) groups excluding carboxylic acids is 2. The molecule has 7 heteroatoms. The van der Waals surface area contributed by atoms with Gasteiger partial charge in [0.1, 0.15) is 0 Å². The second-order valence-corrected chi connectivity index (χ2v) is 10.3. The highest BCUT2D eigenvalue weighted by atomic mass is 28.4. The van der Waals surface area contributed by atoms with E-state index < -0.39 is 26.2 Å². The molecule has 0 unspecified atom stereocenters. The van der Waals surface area contributed by atoms with E-state index in [0.717, 1.165) is 12.5 Å². The first-order chi connectivity index (χ1) is 9.37. The summed E-state index contributed by atoms with van der Waals surface area (Å²) in [5.41, 5.74) is 0. The molecule has 116 valence electrons. The lowest BCUT2D eigenvalue weighted by atomic mass is 10.0. The van der Waals surface area contributed by atoms with E-state index in [1.807, 2.05) is 6.55 Å². The van der Waals surface area contributed by atoms with Crippen LogP contribution in [0.2, 0.25) is 25.7 Å². The molecule has 0 atom stereocenters. The van der Waals surface area contributed by atoms with Gasteiger partial charge in [-0.15, -0.1) is 0 Å². The molecule has 0 bridgehead atoms. The van der Waals surface area contributed by atoms with Gasteiger partial charge in [-0.2, -0.15) is 0 Å². The molecule has 0 saturated carbocycles. The Balaban J connectivity index is 4.43. The molecule has 0 fully saturated rings. The van der Waals surface area contributed by atoms with Gasteiger partial charge in [0.15, 0.2) is 14.2 Å². The Hall–Kier alpha value is -0.666. The number of carbonyl (C=O) groups is 2. The van der Waals surface area contributed by atoms with Crippen LogP contribution in [0, 0.1) is 5.92 Å². The molecule has 0 aliphatic rings. The van der Waals surface area contributed by atoms with Crippen LogP contribution in [0.5, 0.6) is 0 Å². The van der Waals surface area contributed by atoms with Crippen molar-refractivity contribution in [1.29, 1.82) is 0 Å². The minimum Gasteiger partial charge on any atom is -0.465 e. The first kappa shape index (κ1) is 19.3. The summed E-state index contributed by atoms with van der Waals surface area (Å²) in [7, 11) is -1.18. The van der Waals surface area contributed by atoms with Gasteiger partial charge in [-0.3, -0.25) is 9.59 Å². The topological polar surface area (TPSA) is 61.8 Å². The lowest BCUT2D eigenvalue weighted by Gasteiger charge is -2.22. The zero-order chi connectivity index (χ0) is 15.6. The van der Waals surface area contributed by atoms with Gasteiger partial charge in [0, 0.05) is 0 Å². The maximum Gasteiger partial charge on any atom is 0.320 e. The average Bonchev–Trinajstić information content (AvgIpc) is 2.34. The summed E-state index contributed by atoms with van der Waals surface area (Å²) in [5.74, 6) is -1.77. The molecule has 0 N–H and O–H groups in total. The van der Waals surface area contributed by atoms with Crippen molar-refractivity contribution >= 4 is 30.0 Å². The van der Waals surface area contributed by atoms with Crippen LogP contribution in [-0.2, 0) is 23.2 Å². The fourth-order valence-electron chi connectivity index (χ4n) is 1.88. The lowest BCUT2D eigenvalue weighted by molar-refractivity contribution is -0.161. The number of hydrogen-bond acceptors (Lipinski definition) is 5. The van der Waals surface area contributed by atoms with Gasteiger partial charge < -0.3 is 13.6 Å². The van der Waals surface area contributed by atoms with E-state index in [2.05, 4.69) is 13.1 Å². The summed E-state index contributed by atoms with van der Waals surface area (Å²) in [6.45, 7) is 10.3. The summed E-state index contributed by atoms with van der Waals surface area (Å²) in [6.07, 6.45) is 1.23. The van der Waals surface area contributed by atoms with Gasteiger partial charge in [-0.25, -0.2) is 0 Å². The number of ether oxygens (including phenoxy) is 2. The van der Waals surface area contributed by atoms with E-state index in [4.69, 9.17) is 13.6 Å². The summed E-state index contributed by atoms with van der Waals surface area (Å²) in [5, 5.41) is 0. The van der Waals surface area contributed by atoms with Crippen LogP contribution in [0.1, 0.15) is 26.7 Å². The maximum absolute atomic E-state index is 11.8. The molecule has 5 nitrogen and oxygen atoms in total. The van der Waals surface area contributed by atoms with E-state index in [0.29, 0.717) is 16.2 Å². The first-order valence-corrected chi connectivity index (χ1v) is 11.6. The number of hydrogen-bond donors (Lipinski definition) is 0. The van der Waals surface area contributed by atoms with Crippen molar-refractivity contribution in [2.24, 2.45) is 5.92 Å². The molecule has 20 heavy (non-hydrogen) atoms. The van der Waals surface area contributed by atoms with Crippen LogP contribution >= 0.6 is 0 Å². The van der Waals surface area contributed by atoms with Crippen LogP contribution in [0.4, 0.5) is 0 Å². The minimum absolute atomic E-state index is 0.273. The quantitative estimate of drug-likeness (QED) is 0.352. The molecule has 0 aromatic heterocycles. The fraction of sp³-hybridized carbons (Fsp3) is 0.846. The zero-order valence-corrected chi connectivity index (χ0v) is 15.2. The van der Waals surface area contributed by atoms with Gasteiger partial charge in [-0.05, 0) is 46.0 Å². The third-order valence-electron chi connectivity index (χ3n) is 2.79. The molecule has 2 radical (unpaired) electrons. The van der Waals surface area contributed by atoms with Crippen molar-refractivity contribution in [3.63, 3.8) is 0 Å². The number of esters is 2. The monoisotopic (exact) mass is 318 g/mol. The molecule has 0 saturated heterocycles. The smallest absolute Gasteiger partial charge is 0.320 e. The van der Waals surface area contributed by atoms with Crippen LogP contribution in [-0.4, -0.2) is 43.2 Å². The molecule has 0 rings (SSSR count). The molecular weight excluding hydrogens is 292 g/mol. The summed E-state index contributed by atoms with van der Waals surface area (Å²) in [6, 6.07) is 0.920. The van der Waals surface area contributed by atoms with E-state index >= 15 is 0 Å². The highest BCUT2D eigenvalue weighted by Gasteiger charge is 2.30. The standard InChI is InChI=1S/C13H26O5Si2/c1-6-16-12(14)11(13(15)17-7-2)9-8-10-20(4,5)18-19-3/h11H,6-10H2,1-5H3. The van der Waals surface area contributed by atoms with Crippen LogP contribution in [0.15, 0.2) is 0 Å². The fourth-order valence-corrected chi connectivity index (χ4v) is 5.55. The second kappa shape index (κ2) is 10.1. The Morgan fingerprint density at radius 2 is 1.60 bits per heavy atom. The molecule has 0 heterocycles. The van der Waals surface area contributed by atoms with Gasteiger partial charge in [0.05, 0.1) is 13.2 Å². The maximum atomic E-state index is 11.8. The summed E-state index contributed by atoms with van der Waals surface area (Å²) in [4.78, 5) is 23.6. The highest BCUT2D eigenvalue weighted by molar-refractivity contribution is 6.74. The first-order valence-electron chi connectivity index (χ1n) is 7.06. The van der Waals surface area contributed by atoms with Crippen LogP contribution in [0.25, 0.3) is 0 Å². The molecule has 0 aliphatic carbocycles. The van der Waals surface area contributed by atoms with Crippen molar-refractivity contribution in [3.8, 4) is 0 Å². The molecule has 0 aromatic rings. The van der Waals surface area contributed by atoms with Crippen molar-refractivity contribution in [1.82, 2.24) is 0 Å². The Bertz CT molecular complexity index is 289. The summed E-state index contributed by atoms with van der Waals surface area (Å²) >= 11 is 0. The van der Waals surface area contributed by atoms with Gasteiger partial charge >= 0.3 is 11.9 Å². The minimum atomic E-state index is -1.67. The summed E-state index contributed by atoms with van der Waals surface area (Å²) < 4.78 is 15.6. The molecular formula is C13H26O5Si2. The number of rotatable bonds is 10. The third kappa shape index (κ3) is 7.81. The highest BCUT2D eigenvalue weighted by Crippen LogP contribution is 2.19. The van der Waals surface area contributed by atoms with Gasteiger partial charge in [-0.1, -0.05) is 6.42 Å². The van der Waals surface area contributed by atoms with Crippen molar-refractivity contribution in [3.05, 3.63) is 0 Å². The third-order valence-corrected chi connectivity index (χ3v) is 7.38. The molecule has 0 amide bonds. The molecule has 0 aromatic carbocycles. The Morgan fingerprint density at radius 3 is 2.00 bits per heavy atom. The second-order valence-electron chi connectivity index (χ2n) is 5.01. The van der Waals surface area contributed by atoms with E-state index in [1.165, 1.54) is 0 Å². The predicted molar refractivity (Wildman–Crippen MR) is 81.0 cm³/mol. The molecule has 0 aliphatic heterocycles. The van der Waals surface area contributed by atoms with Gasteiger partial charge in [0.2, 0.25) is 9.76 Å². The van der Waals surface area contributed by atoms with E-state index in [9.17, 15) is 9.59 Å².